The fourth-order valence-electron chi connectivity index (χ4n) is 3.65. The second-order valence-corrected chi connectivity index (χ2v) is 6.98. The van der Waals surface area contributed by atoms with Gasteiger partial charge >= 0.3 is 0 Å². The average Bonchev–Trinajstić information content (AvgIpc) is 3.23. The van der Waals surface area contributed by atoms with Crippen molar-refractivity contribution < 1.29 is 9.53 Å². The van der Waals surface area contributed by atoms with E-state index in [1.807, 2.05) is 35.4 Å². The summed E-state index contributed by atoms with van der Waals surface area (Å²) in [5.41, 5.74) is 1.07. The van der Waals surface area contributed by atoms with Crippen LogP contribution in [0.3, 0.4) is 0 Å². The summed E-state index contributed by atoms with van der Waals surface area (Å²) >= 11 is 1.54. The lowest BCUT2D eigenvalue weighted by atomic mass is 10.1. The Balaban J connectivity index is 1.54. The van der Waals surface area contributed by atoms with Gasteiger partial charge in [0.25, 0.3) is 5.91 Å². The highest BCUT2D eigenvalue weighted by molar-refractivity contribution is 7.12. The molecule has 4 nitrogen and oxygen atoms in total. The number of ether oxygens (including phenoxy) is 1. The van der Waals surface area contributed by atoms with Gasteiger partial charge in [-0.1, -0.05) is 0 Å². The maximum Gasteiger partial charge on any atom is 0.264 e. The van der Waals surface area contributed by atoms with Crippen molar-refractivity contribution in [2.45, 2.75) is 31.9 Å². The zero-order chi connectivity index (χ0) is 15.1. The normalized spacial score (nSPS) is 26.4. The molecule has 22 heavy (non-hydrogen) atoms. The van der Waals surface area contributed by atoms with Crippen molar-refractivity contribution in [3.8, 4) is 5.75 Å². The first-order chi connectivity index (χ1) is 10.7. The fraction of sp³-hybridized carbons (Fsp3) is 0.412. The van der Waals surface area contributed by atoms with Crippen molar-refractivity contribution in [1.29, 1.82) is 0 Å². The largest absolute Gasteiger partial charge is 0.486 e. The molecule has 1 aliphatic carbocycles. The molecule has 1 saturated carbocycles. The molecule has 0 unspecified atom stereocenters. The second-order valence-electron chi connectivity index (χ2n) is 6.07. The Hall–Kier alpha value is -1.88. The second kappa shape index (κ2) is 5.39. The zero-order valence-corrected chi connectivity index (χ0v) is 13.3. The number of amides is 1. The highest BCUT2D eigenvalue weighted by Crippen LogP contribution is 2.41. The summed E-state index contributed by atoms with van der Waals surface area (Å²) in [5.74, 6) is 1.40. The van der Waals surface area contributed by atoms with Gasteiger partial charge in [0.05, 0.1) is 17.1 Å². The predicted molar refractivity (Wildman–Crippen MR) is 85.3 cm³/mol. The highest BCUT2D eigenvalue weighted by atomic mass is 32.1. The minimum absolute atomic E-state index is 0.105. The van der Waals surface area contributed by atoms with Gasteiger partial charge in [-0.15, -0.1) is 11.3 Å². The summed E-state index contributed by atoms with van der Waals surface area (Å²) in [6.45, 7) is 2.81. The minimum Gasteiger partial charge on any atom is -0.486 e. The molecule has 1 saturated heterocycles. The van der Waals surface area contributed by atoms with Crippen LogP contribution in [-0.2, 0) is 0 Å². The lowest BCUT2D eigenvalue weighted by Gasteiger charge is -2.27. The van der Waals surface area contributed by atoms with Crippen LogP contribution in [0.5, 0.6) is 5.75 Å². The van der Waals surface area contributed by atoms with E-state index in [1.54, 1.807) is 12.4 Å². The molecule has 4 rings (SSSR count). The molecule has 2 fully saturated rings. The van der Waals surface area contributed by atoms with Gasteiger partial charge in [0.15, 0.2) is 0 Å². The number of nitrogens with zero attached hydrogens (tertiary/aromatic N) is 2. The summed E-state index contributed by atoms with van der Waals surface area (Å²) in [4.78, 5) is 19.8. The number of aryl methyl sites for hydroxylation is 1. The molecule has 3 heterocycles. The van der Waals surface area contributed by atoms with E-state index >= 15 is 0 Å². The summed E-state index contributed by atoms with van der Waals surface area (Å²) in [7, 11) is 0. The van der Waals surface area contributed by atoms with Crippen LogP contribution in [0.2, 0.25) is 0 Å². The van der Waals surface area contributed by atoms with Crippen LogP contribution >= 0.6 is 11.3 Å². The van der Waals surface area contributed by atoms with E-state index in [4.69, 9.17) is 4.74 Å². The Kier molecular flexibility index (Phi) is 3.37. The molecule has 0 aromatic carbocycles. The van der Waals surface area contributed by atoms with Crippen molar-refractivity contribution in [3.63, 3.8) is 0 Å². The number of thiophene rings is 1. The molecule has 2 aromatic rings. The molecule has 2 aromatic heterocycles. The first kappa shape index (κ1) is 13.8. The molecule has 5 heteroatoms. The van der Waals surface area contributed by atoms with Crippen molar-refractivity contribution in [2.75, 3.05) is 6.54 Å². The number of carbonyl (C=O) groups excluding carboxylic acids is 1. The van der Waals surface area contributed by atoms with E-state index in [-0.39, 0.29) is 18.1 Å². The van der Waals surface area contributed by atoms with Crippen molar-refractivity contribution in [2.24, 2.45) is 5.92 Å². The summed E-state index contributed by atoms with van der Waals surface area (Å²) in [6, 6.07) is 6.01. The molecule has 1 amide bonds. The smallest absolute Gasteiger partial charge is 0.264 e. The van der Waals surface area contributed by atoms with E-state index in [0.717, 1.165) is 35.6 Å². The van der Waals surface area contributed by atoms with Crippen LogP contribution in [0.15, 0.2) is 36.0 Å². The topological polar surface area (TPSA) is 42.4 Å². The third-order valence-corrected chi connectivity index (χ3v) is 5.74. The number of carbonyl (C=O) groups is 1. The van der Waals surface area contributed by atoms with Crippen molar-refractivity contribution in [1.82, 2.24) is 9.88 Å². The third-order valence-electron chi connectivity index (χ3n) is 4.73. The van der Waals surface area contributed by atoms with Crippen LogP contribution < -0.4 is 4.74 Å². The number of aromatic nitrogens is 1. The average molecular weight is 314 g/mol. The van der Waals surface area contributed by atoms with Crippen LogP contribution in [0, 0.1) is 12.8 Å². The Morgan fingerprint density at radius 2 is 2.32 bits per heavy atom. The van der Waals surface area contributed by atoms with Crippen LogP contribution in [0.25, 0.3) is 0 Å². The monoisotopic (exact) mass is 314 g/mol. The number of fused-ring (bicyclic) bond motifs is 2. The SMILES string of the molecule is Cc1ccsc1C(=O)N1C[C@H]2CC[C@H]1[C@H]2Oc1cccnc1. The molecule has 0 N–H and O–H groups in total. The highest BCUT2D eigenvalue weighted by Gasteiger charge is 2.50. The van der Waals surface area contributed by atoms with Gasteiger partial charge < -0.3 is 9.64 Å². The number of rotatable bonds is 3. The Bertz CT molecular complexity index is 685. The first-order valence-electron chi connectivity index (χ1n) is 7.66. The standard InChI is InChI=1S/C17H18N2O2S/c1-11-6-8-22-16(11)17(20)19-10-12-4-5-14(19)15(12)21-13-3-2-7-18-9-13/h2-3,6-9,12,14-15H,4-5,10H2,1H3/t12-,14+,15+/m1/s1. The van der Waals surface area contributed by atoms with Crippen LogP contribution in [0.4, 0.5) is 0 Å². The predicted octanol–water partition coefficient (Wildman–Crippen LogP) is 3.13. The zero-order valence-electron chi connectivity index (χ0n) is 12.4. The maximum absolute atomic E-state index is 12.8. The number of hydrogen-bond acceptors (Lipinski definition) is 4. The van der Waals surface area contributed by atoms with E-state index < -0.39 is 0 Å². The number of piperidine rings is 1. The number of pyridine rings is 1. The quantitative estimate of drug-likeness (QED) is 0.874. The van der Waals surface area contributed by atoms with Gasteiger partial charge in [0.1, 0.15) is 11.9 Å². The summed E-state index contributed by atoms with van der Waals surface area (Å²) in [6.07, 6.45) is 5.77. The lowest BCUT2D eigenvalue weighted by Crippen LogP contribution is -2.40. The van der Waals surface area contributed by atoms with E-state index in [2.05, 4.69) is 4.98 Å². The van der Waals surface area contributed by atoms with Crippen molar-refractivity contribution in [3.05, 3.63) is 46.4 Å². The minimum atomic E-state index is 0.105. The number of likely N-dealkylation sites (tertiary alicyclic amines) is 1. The Morgan fingerprint density at radius 3 is 3.05 bits per heavy atom. The molecule has 2 aliphatic rings. The van der Waals surface area contributed by atoms with Gasteiger partial charge in [-0.2, -0.15) is 0 Å². The van der Waals surface area contributed by atoms with Crippen LogP contribution in [-0.4, -0.2) is 34.5 Å². The molecule has 0 radical (unpaired) electrons. The number of hydrogen-bond donors (Lipinski definition) is 0. The van der Waals surface area contributed by atoms with E-state index in [1.165, 1.54) is 11.3 Å². The molecular formula is C17H18N2O2S. The molecular weight excluding hydrogens is 296 g/mol. The molecule has 114 valence electrons. The summed E-state index contributed by atoms with van der Waals surface area (Å²) in [5, 5.41) is 1.99. The molecule has 2 bridgehead atoms. The molecule has 3 atom stereocenters. The van der Waals surface area contributed by atoms with Gasteiger partial charge in [-0.3, -0.25) is 9.78 Å². The Labute approximate surface area is 133 Å². The lowest BCUT2D eigenvalue weighted by molar-refractivity contribution is 0.0671. The van der Waals surface area contributed by atoms with Gasteiger partial charge in [0, 0.05) is 18.7 Å². The summed E-state index contributed by atoms with van der Waals surface area (Å²) < 4.78 is 6.14. The van der Waals surface area contributed by atoms with E-state index in [0.29, 0.717) is 5.92 Å². The van der Waals surface area contributed by atoms with Gasteiger partial charge in [-0.05, 0) is 48.9 Å². The molecule has 0 spiro atoms. The maximum atomic E-state index is 12.8. The molecule has 1 aliphatic heterocycles. The third kappa shape index (κ3) is 2.20. The first-order valence-corrected chi connectivity index (χ1v) is 8.54. The van der Waals surface area contributed by atoms with E-state index in [9.17, 15) is 4.79 Å². The van der Waals surface area contributed by atoms with Crippen molar-refractivity contribution >= 4 is 17.2 Å². The Morgan fingerprint density at radius 1 is 1.41 bits per heavy atom. The van der Waals surface area contributed by atoms with Gasteiger partial charge in [-0.25, -0.2) is 0 Å². The van der Waals surface area contributed by atoms with Gasteiger partial charge in [0.2, 0.25) is 0 Å². The fourth-order valence-corrected chi connectivity index (χ4v) is 4.53. The van der Waals surface area contributed by atoms with Crippen LogP contribution in [0.1, 0.15) is 28.1 Å².